The molecular formula is C11H26O3. The molecule has 14 heavy (non-hydrogen) atoms. The molecule has 0 radical (unpaired) electrons. The number of aliphatic hydroxyl groups is 1. The van der Waals surface area contributed by atoms with Crippen molar-refractivity contribution in [3.8, 4) is 0 Å². The summed E-state index contributed by atoms with van der Waals surface area (Å²) in [5.41, 5.74) is 0. The van der Waals surface area contributed by atoms with E-state index in [-0.39, 0.29) is 5.97 Å². The molecule has 0 aliphatic rings. The maximum absolute atomic E-state index is 9.82. The van der Waals surface area contributed by atoms with Gasteiger partial charge in [0.05, 0.1) is 6.61 Å². The van der Waals surface area contributed by atoms with Crippen LogP contribution in [0.4, 0.5) is 0 Å². The fourth-order valence-electron chi connectivity index (χ4n) is 0.703. The van der Waals surface area contributed by atoms with Crippen molar-refractivity contribution in [1.82, 2.24) is 0 Å². The molecule has 0 atom stereocenters. The second-order valence-corrected chi connectivity index (χ2v) is 2.63. The second-order valence-electron chi connectivity index (χ2n) is 2.63. The van der Waals surface area contributed by atoms with Gasteiger partial charge in [-0.1, -0.05) is 39.5 Å². The first-order valence-corrected chi connectivity index (χ1v) is 5.27. The van der Waals surface area contributed by atoms with Gasteiger partial charge in [0.1, 0.15) is 0 Å². The molecule has 0 aromatic rings. The molecule has 0 aromatic heterocycles. The van der Waals surface area contributed by atoms with E-state index in [1.165, 1.54) is 32.6 Å². The Kier molecular flexibility index (Phi) is 31.1. The minimum atomic E-state index is -0.211. The van der Waals surface area contributed by atoms with Crippen LogP contribution in [0.3, 0.4) is 0 Å². The van der Waals surface area contributed by atoms with Gasteiger partial charge in [0.25, 0.3) is 0 Å². The molecule has 0 bridgehead atoms. The van der Waals surface area contributed by atoms with E-state index in [4.69, 9.17) is 5.11 Å². The number of hydrogen-bond acceptors (Lipinski definition) is 3. The Balaban J connectivity index is -0.000000147. The van der Waals surface area contributed by atoms with Crippen LogP contribution < -0.4 is 0 Å². The lowest BCUT2D eigenvalue weighted by molar-refractivity contribution is -0.140. The summed E-state index contributed by atoms with van der Waals surface area (Å²) in [6.07, 6.45) is 5.54. The Labute approximate surface area is 88.5 Å². The van der Waals surface area contributed by atoms with Gasteiger partial charge in [-0.05, 0) is 6.92 Å². The van der Waals surface area contributed by atoms with Crippen LogP contribution in [0.5, 0.6) is 0 Å². The molecule has 0 spiro atoms. The predicted octanol–water partition coefficient (Wildman–Crippen LogP) is 2.76. The Hall–Kier alpha value is -0.570. The molecule has 0 aromatic carbocycles. The normalized spacial score (nSPS) is 7.57. The lowest BCUT2D eigenvalue weighted by Gasteiger charge is -1.89. The molecule has 0 aliphatic carbocycles. The average Bonchev–Trinajstić information content (AvgIpc) is 2.18. The number of hydrogen-bond donors (Lipinski definition) is 1. The third-order valence-corrected chi connectivity index (χ3v) is 1.30. The van der Waals surface area contributed by atoms with Crippen molar-refractivity contribution in [2.24, 2.45) is 0 Å². The topological polar surface area (TPSA) is 46.5 Å². The molecule has 3 heteroatoms. The Bertz CT molecular complexity index is 88.5. The number of ether oxygens (including phenoxy) is 1. The van der Waals surface area contributed by atoms with Crippen LogP contribution in [-0.2, 0) is 9.53 Å². The predicted molar refractivity (Wildman–Crippen MR) is 60.3 cm³/mol. The average molecular weight is 206 g/mol. The molecular weight excluding hydrogens is 180 g/mol. The van der Waals surface area contributed by atoms with Crippen LogP contribution in [0, 0.1) is 0 Å². The second kappa shape index (κ2) is 22.9. The molecule has 3 nitrogen and oxygen atoms in total. The summed E-state index contributed by atoms with van der Waals surface area (Å²) in [5.74, 6) is -0.211. The molecule has 0 heterocycles. The van der Waals surface area contributed by atoms with E-state index in [0.717, 1.165) is 7.11 Å². The van der Waals surface area contributed by atoms with Gasteiger partial charge in [-0.25, -0.2) is 0 Å². The van der Waals surface area contributed by atoms with Crippen LogP contribution in [-0.4, -0.2) is 24.8 Å². The van der Waals surface area contributed by atoms with Crippen molar-refractivity contribution in [1.29, 1.82) is 0 Å². The van der Waals surface area contributed by atoms with E-state index in [1.807, 2.05) is 0 Å². The standard InChI is InChI=1S/C6H14.C4H8O2.CH4O/c1-3-5-6-4-2;1-3-6-4(2)5;1-2/h3-6H2,1-2H3;3H2,1-2H3;2H,1H3. The van der Waals surface area contributed by atoms with E-state index in [2.05, 4.69) is 18.6 Å². The zero-order chi connectivity index (χ0) is 11.8. The number of unbranched alkanes of at least 4 members (excludes halogenated alkanes) is 3. The number of carbonyl (C=O) groups is 1. The van der Waals surface area contributed by atoms with Crippen LogP contribution in [0.1, 0.15) is 53.4 Å². The maximum atomic E-state index is 9.82. The van der Waals surface area contributed by atoms with Crippen LogP contribution in [0.25, 0.3) is 0 Å². The van der Waals surface area contributed by atoms with E-state index in [1.54, 1.807) is 6.92 Å². The molecule has 0 fully saturated rings. The molecule has 0 aliphatic heterocycles. The van der Waals surface area contributed by atoms with E-state index < -0.39 is 0 Å². The summed E-state index contributed by atoms with van der Waals surface area (Å²) >= 11 is 0. The first kappa shape index (κ1) is 19.1. The number of esters is 1. The van der Waals surface area contributed by atoms with Gasteiger partial charge in [-0.2, -0.15) is 0 Å². The highest BCUT2D eigenvalue weighted by atomic mass is 16.5. The van der Waals surface area contributed by atoms with Gasteiger partial charge in [-0.15, -0.1) is 0 Å². The van der Waals surface area contributed by atoms with Gasteiger partial charge >= 0.3 is 5.97 Å². The van der Waals surface area contributed by atoms with Gasteiger partial charge in [0, 0.05) is 14.0 Å². The Morgan fingerprint density at radius 2 is 1.43 bits per heavy atom. The zero-order valence-corrected chi connectivity index (χ0v) is 10.3. The van der Waals surface area contributed by atoms with Crippen LogP contribution in [0.15, 0.2) is 0 Å². The Morgan fingerprint density at radius 1 is 1.07 bits per heavy atom. The summed E-state index contributed by atoms with van der Waals surface area (Å²) in [7, 11) is 1.00. The molecule has 1 N–H and O–H groups in total. The third-order valence-electron chi connectivity index (χ3n) is 1.30. The largest absolute Gasteiger partial charge is 0.466 e. The van der Waals surface area contributed by atoms with Gasteiger partial charge in [0.15, 0.2) is 0 Å². The molecule has 0 saturated carbocycles. The number of carbonyl (C=O) groups excluding carboxylic acids is 1. The summed E-state index contributed by atoms with van der Waals surface area (Å²) in [6.45, 7) is 8.12. The monoisotopic (exact) mass is 206 g/mol. The van der Waals surface area contributed by atoms with Crippen LogP contribution in [0.2, 0.25) is 0 Å². The van der Waals surface area contributed by atoms with Crippen molar-refractivity contribution in [2.45, 2.75) is 53.4 Å². The molecule has 0 rings (SSSR count). The first-order chi connectivity index (χ1) is 6.68. The highest BCUT2D eigenvalue weighted by Gasteiger charge is 1.81. The quantitative estimate of drug-likeness (QED) is 0.568. The summed E-state index contributed by atoms with van der Waals surface area (Å²) in [4.78, 5) is 9.82. The highest BCUT2D eigenvalue weighted by Crippen LogP contribution is 1.95. The van der Waals surface area contributed by atoms with Gasteiger partial charge in [-0.3, -0.25) is 4.79 Å². The molecule has 88 valence electrons. The number of rotatable bonds is 4. The SMILES string of the molecule is CCCCCC.CCOC(C)=O.CO. The lowest BCUT2D eigenvalue weighted by atomic mass is 10.2. The van der Waals surface area contributed by atoms with Gasteiger partial charge < -0.3 is 9.84 Å². The van der Waals surface area contributed by atoms with Crippen molar-refractivity contribution in [3.05, 3.63) is 0 Å². The third kappa shape index (κ3) is 42.2. The summed E-state index contributed by atoms with van der Waals surface area (Å²) in [6, 6.07) is 0. The van der Waals surface area contributed by atoms with Crippen molar-refractivity contribution in [3.63, 3.8) is 0 Å². The molecule has 0 saturated heterocycles. The van der Waals surface area contributed by atoms with E-state index >= 15 is 0 Å². The summed E-state index contributed by atoms with van der Waals surface area (Å²) in [5, 5.41) is 7.00. The fraction of sp³-hybridized carbons (Fsp3) is 0.909. The smallest absolute Gasteiger partial charge is 0.302 e. The van der Waals surface area contributed by atoms with E-state index in [9.17, 15) is 4.79 Å². The minimum absolute atomic E-state index is 0.211. The van der Waals surface area contributed by atoms with Crippen molar-refractivity contribution >= 4 is 5.97 Å². The maximum Gasteiger partial charge on any atom is 0.302 e. The fourth-order valence-corrected chi connectivity index (χ4v) is 0.703. The molecule has 0 amide bonds. The molecule has 0 unspecified atom stereocenters. The van der Waals surface area contributed by atoms with Crippen molar-refractivity contribution < 1.29 is 14.6 Å². The summed E-state index contributed by atoms with van der Waals surface area (Å²) < 4.78 is 4.40. The van der Waals surface area contributed by atoms with Crippen LogP contribution >= 0.6 is 0 Å². The zero-order valence-electron chi connectivity index (χ0n) is 10.3. The first-order valence-electron chi connectivity index (χ1n) is 5.27. The van der Waals surface area contributed by atoms with Gasteiger partial charge in [0.2, 0.25) is 0 Å². The number of aliphatic hydroxyl groups excluding tert-OH is 1. The van der Waals surface area contributed by atoms with Crippen molar-refractivity contribution in [2.75, 3.05) is 13.7 Å². The minimum Gasteiger partial charge on any atom is -0.466 e. The lowest BCUT2D eigenvalue weighted by Crippen LogP contribution is -1.95. The Morgan fingerprint density at radius 3 is 1.50 bits per heavy atom. The van der Waals surface area contributed by atoms with E-state index in [0.29, 0.717) is 6.61 Å². The highest BCUT2D eigenvalue weighted by molar-refractivity contribution is 5.65.